The van der Waals surface area contributed by atoms with E-state index >= 15 is 0 Å². The van der Waals surface area contributed by atoms with Gasteiger partial charge in [0.2, 0.25) is 10.0 Å². The Labute approximate surface area is 142 Å². The lowest BCUT2D eigenvalue weighted by Crippen LogP contribution is -2.24. The highest BCUT2D eigenvalue weighted by molar-refractivity contribution is 7.89. The summed E-state index contributed by atoms with van der Waals surface area (Å²) >= 11 is 1.49. The van der Waals surface area contributed by atoms with Crippen molar-refractivity contribution in [2.24, 2.45) is 0 Å². The fourth-order valence-electron chi connectivity index (χ4n) is 2.20. The molecule has 0 saturated carbocycles. The van der Waals surface area contributed by atoms with Gasteiger partial charge < -0.3 is 0 Å². The normalized spacial score (nSPS) is 12.0. The van der Waals surface area contributed by atoms with E-state index in [-0.39, 0.29) is 11.4 Å². The zero-order valence-electron chi connectivity index (χ0n) is 13.7. The third kappa shape index (κ3) is 5.10. The standard InChI is InChI=1S/C16H23N3O2S2/c1-4-19(5-2)11-14-12-22-16(18-14)10-17-23(20,21)15-8-6-7-13(3)9-15/h6-9,12,17H,4-5,10-11H2,1-3H3. The van der Waals surface area contributed by atoms with Crippen molar-refractivity contribution in [1.29, 1.82) is 0 Å². The van der Waals surface area contributed by atoms with Gasteiger partial charge in [0.15, 0.2) is 0 Å². The molecular formula is C16H23N3O2S2. The highest BCUT2D eigenvalue weighted by Gasteiger charge is 2.15. The summed E-state index contributed by atoms with van der Waals surface area (Å²) in [7, 11) is -3.50. The van der Waals surface area contributed by atoms with E-state index in [4.69, 9.17) is 0 Å². The molecule has 23 heavy (non-hydrogen) atoms. The van der Waals surface area contributed by atoms with Crippen molar-refractivity contribution in [3.8, 4) is 0 Å². The molecule has 0 aliphatic rings. The molecule has 7 heteroatoms. The lowest BCUT2D eigenvalue weighted by molar-refractivity contribution is 0.292. The van der Waals surface area contributed by atoms with E-state index < -0.39 is 10.0 Å². The van der Waals surface area contributed by atoms with E-state index in [0.717, 1.165) is 35.9 Å². The Balaban J connectivity index is 1.99. The minimum atomic E-state index is -3.50. The van der Waals surface area contributed by atoms with Gasteiger partial charge in [0, 0.05) is 11.9 Å². The van der Waals surface area contributed by atoms with E-state index in [1.165, 1.54) is 11.3 Å². The third-order valence-electron chi connectivity index (χ3n) is 3.59. The van der Waals surface area contributed by atoms with Crippen LogP contribution in [-0.2, 0) is 23.1 Å². The van der Waals surface area contributed by atoms with E-state index in [1.54, 1.807) is 18.2 Å². The molecular weight excluding hydrogens is 330 g/mol. The molecule has 2 rings (SSSR count). The highest BCUT2D eigenvalue weighted by atomic mass is 32.2. The zero-order chi connectivity index (χ0) is 16.9. The minimum absolute atomic E-state index is 0.221. The third-order valence-corrected chi connectivity index (χ3v) is 5.89. The summed E-state index contributed by atoms with van der Waals surface area (Å²) in [6, 6.07) is 6.88. The average Bonchev–Trinajstić information content (AvgIpc) is 2.98. The van der Waals surface area contributed by atoms with Crippen LogP contribution in [0.4, 0.5) is 0 Å². The van der Waals surface area contributed by atoms with Crippen molar-refractivity contribution >= 4 is 21.4 Å². The van der Waals surface area contributed by atoms with Crippen LogP contribution in [0.15, 0.2) is 34.5 Å². The SMILES string of the molecule is CCN(CC)Cc1csc(CNS(=O)(=O)c2cccc(C)c2)n1. The van der Waals surface area contributed by atoms with Gasteiger partial charge in [0.25, 0.3) is 0 Å². The monoisotopic (exact) mass is 353 g/mol. The number of hydrogen-bond acceptors (Lipinski definition) is 5. The molecule has 0 bridgehead atoms. The number of rotatable bonds is 8. The first kappa shape index (κ1) is 18.1. The van der Waals surface area contributed by atoms with Crippen molar-refractivity contribution in [1.82, 2.24) is 14.6 Å². The van der Waals surface area contributed by atoms with Crippen molar-refractivity contribution in [2.75, 3.05) is 13.1 Å². The van der Waals surface area contributed by atoms with Gasteiger partial charge in [-0.3, -0.25) is 4.90 Å². The molecule has 0 radical (unpaired) electrons. The van der Waals surface area contributed by atoms with Gasteiger partial charge >= 0.3 is 0 Å². The average molecular weight is 354 g/mol. The summed E-state index contributed by atoms with van der Waals surface area (Å²) in [5, 5.41) is 2.78. The predicted octanol–water partition coefficient (Wildman–Crippen LogP) is 2.77. The van der Waals surface area contributed by atoms with Crippen LogP contribution in [0.2, 0.25) is 0 Å². The maximum atomic E-state index is 12.3. The molecule has 1 N–H and O–H groups in total. The lowest BCUT2D eigenvalue weighted by Gasteiger charge is -2.15. The van der Waals surface area contributed by atoms with E-state index in [0.29, 0.717) is 0 Å². The van der Waals surface area contributed by atoms with Crippen LogP contribution in [0.3, 0.4) is 0 Å². The van der Waals surface area contributed by atoms with Crippen LogP contribution < -0.4 is 4.72 Å². The molecule has 1 heterocycles. The molecule has 1 aromatic carbocycles. The van der Waals surface area contributed by atoms with E-state index in [2.05, 4.69) is 28.5 Å². The molecule has 126 valence electrons. The quantitative estimate of drug-likeness (QED) is 0.793. The largest absolute Gasteiger partial charge is 0.298 e. The Bertz CT molecular complexity index is 737. The van der Waals surface area contributed by atoms with Gasteiger partial charge in [-0.15, -0.1) is 11.3 Å². The van der Waals surface area contributed by atoms with Gasteiger partial charge in [-0.25, -0.2) is 18.1 Å². The number of sulfonamides is 1. The Kier molecular flexibility index (Phi) is 6.29. The molecule has 0 aliphatic carbocycles. The van der Waals surface area contributed by atoms with Crippen molar-refractivity contribution in [2.45, 2.75) is 38.8 Å². The molecule has 0 amide bonds. The zero-order valence-corrected chi connectivity index (χ0v) is 15.4. The van der Waals surface area contributed by atoms with Crippen LogP contribution in [0.25, 0.3) is 0 Å². The number of thiazole rings is 1. The molecule has 0 atom stereocenters. The summed E-state index contributed by atoms with van der Waals surface area (Å²) in [4.78, 5) is 7.07. The van der Waals surface area contributed by atoms with Crippen molar-refractivity contribution in [3.05, 3.63) is 45.9 Å². The van der Waals surface area contributed by atoms with Crippen LogP contribution in [0, 0.1) is 6.92 Å². The Morgan fingerprint density at radius 1 is 1.26 bits per heavy atom. The number of nitrogens with zero attached hydrogens (tertiary/aromatic N) is 2. The van der Waals surface area contributed by atoms with Crippen molar-refractivity contribution < 1.29 is 8.42 Å². The Morgan fingerprint density at radius 3 is 2.65 bits per heavy atom. The smallest absolute Gasteiger partial charge is 0.240 e. The number of aryl methyl sites for hydroxylation is 1. The van der Waals surface area contributed by atoms with Crippen molar-refractivity contribution in [3.63, 3.8) is 0 Å². The predicted molar refractivity (Wildman–Crippen MR) is 93.9 cm³/mol. The second-order valence-electron chi connectivity index (χ2n) is 5.34. The first-order valence-corrected chi connectivity index (χ1v) is 10.0. The van der Waals surface area contributed by atoms with Gasteiger partial charge in [-0.1, -0.05) is 26.0 Å². The van der Waals surface area contributed by atoms with Crippen LogP contribution >= 0.6 is 11.3 Å². The van der Waals surface area contributed by atoms with Gasteiger partial charge in [0.05, 0.1) is 17.1 Å². The number of aromatic nitrogens is 1. The Morgan fingerprint density at radius 2 is 2.00 bits per heavy atom. The molecule has 2 aromatic rings. The maximum Gasteiger partial charge on any atom is 0.240 e. The van der Waals surface area contributed by atoms with Crippen LogP contribution in [0.1, 0.15) is 30.1 Å². The summed E-state index contributed by atoms with van der Waals surface area (Å²) in [6.07, 6.45) is 0. The topological polar surface area (TPSA) is 62.3 Å². The summed E-state index contributed by atoms with van der Waals surface area (Å²) in [5.74, 6) is 0. The molecule has 0 spiro atoms. The molecule has 0 fully saturated rings. The van der Waals surface area contributed by atoms with Gasteiger partial charge in [-0.05, 0) is 37.7 Å². The molecule has 0 saturated heterocycles. The van der Waals surface area contributed by atoms with E-state index in [9.17, 15) is 8.42 Å². The number of nitrogens with one attached hydrogen (secondary N) is 1. The maximum absolute atomic E-state index is 12.3. The first-order chi connectivity index (χ1) is 10.9. The fraction of sp³-hybridized carbons (Fsp3) is 0.438. The first-order valence-electron chi connectivity index (χ1n) is 7.66. The van der Waals surface area contributed by atoms with Crippen LogP contribution in [-0.4, -0.2) is 31.4 Å². The van der Waals surface area contributed by atoms with Crippen LogP contribution in [0.5, 0.6) is 0 Å². The molecule has 0 aliphatic heterocycles. The number of benzene rings is 1. The second kappa shape index (κ2) is 8.01. The van der Waals surface area contributed by atoms with Gasteiger partial charge in [0.1, 0.15) is 5.01 Å². The molecule has 5 nitrogen and oxygen atoms in total. The molecule has 0 unspecified atom stereocenters. The summed E-state index contributed by atoms with van der Waals surface area (Å²) in [5.41, 5.74) is 1.91. The lowest BCUT2D eigenvalue weighted by atomic mass is 10.2. The second-order valence-corrected chi connectivity index (χ2v) is 8.04. The van der Waals surface area contributed by atoms with Gasteiger partial charge in [-0.2, -0.15) is 0 Å². The highest BCUT2D eigenvalue weighted by Crippen LogP contribution is 2.14. The fourth-order valence-corrected chi connectivity index (χ4v) is 4.11. The summed E-state index contributed by atoms with van der Waals surface area (Å²) in [6.45, 7) is 9.08. The minimum Gasteiger partial charge on any atom is -0.298 e. The Hall–Kier alpha value is -1.28. The molecule has 1 aromatic heterocycles. The number of hydrogen-bond donors (Lipinski definition) is 1. The summed E-state index contributed by atoms with van der Waals surface area (Å²) < 4.78 is 27.2. The van der Waals surface area contributed by atoms with E-state index in [1.807, 2.05) is 18.4 Å².